The highest BCUT2D eigenvalue weighted by atomic mass is 16.7. The molecule has 0 radical (unpaired) electrons. The number of hydrogen-bond donors (Lipinski definition) is 6. The maximum Gasteiger partial charge on any atom is 0.306 e. The summed E-state index contributed by atoms with van der Waals surface area (Å²) in [4.78, 5) is 26.6. The number of allylic oxidation sites excluding steroid dienone is 15. The van der Waals surface area contributed by atoms with E-state index >= 15 is 0 Å². The standard InChI is InChI=1S/C71H123NO10/c1-4-7-10-13-16-19-22-25-27-29-30-31-32-33-34-35-36-37-39-41-44-47-50-53-56-59-66(76)82-69-68(78)67(77)65(60-73)81-71(69)80-61-62(63(74)57-54-51-48-45-42-24-21-18-15-12-9-6-3)72-70(79)64(75)58-55-52-49-46-43-40-38-28-26-23-20-17-14-11-8-5-2/h8,11,14,17,20,23,25-28,38,40,43,46,54,57,62-65,67-69,71,73-75,77-78H,4-7,9-10,12-13,15-16,18-19,21-22,24,29-37,39,41-42,44-45,47-53,55-56,58-61H2,1-3H3,(H,72,79)/b11-8-,17-14+,23-20+,27-25+,28-26-,40-38+,46-43+,57-54+. The summed E-state index contributed by atoms with van der Waals surface area (Å²) in [6.45, 7) is 5.62. The zero-order valence-electron chi connectivity index (χ0n) is 52.3. The van der Waals surface area contributed by atoms with Crippen LogP contribution in [0.2, 0.25) is 0 Å². The molecular weight excluding hydrogens is 1030 g/mol. The average Bonchev–Trinajstić information content (AvgIpc) is 3.68. The van der Waals surface area contributed by atoms with Gasteiger partial charge in [0.1, 0.15) is 24.4 Å². The lowest BCUT2D eigenvalue weighted by Crippen LogP contribution is -2.61. The maximum atomic E-state index is 13.4. The molecule has 11 heteroatoms. The van der Waals surface area contributed by atoms with E-state index in [1.807, 2.05) is 72.9 Å². The van der Waals surface area contributed by atoms with Crippen molar-refractivity contribution < 1.29 is 49.3 Å². The van der Waals surface area contributed by atoms with E-state index in [2.05, 4.69) is 44.3 Å². The Morgan fingerprint density at radius 1 is 0.488 bits per heavy atom. The lowest BCUT2D eigenvalue weighted by Gasteiger charge is -2.41. The number of nitrogens with one attached hydrogen (secondary N) is 1. The molecule has 1 fully saturated rings. The summed E-state index contributed by atoms with van der Waals surface area (Å²) in [5.74, 6) is -1.24. The van der Waals surface area contributed by atoms with Crippen molar-refractivity contribution in [3.05, 3.63) is 97.2 Å². The molecule has 1 amide bonds. The molecule has 0 aromatic rings. The number of esters is 1. The third-order valence-electron chi connectivity index (χ3n) is 15.4. The van der Waals surface area contributed by atoms with Crippen molar-refractivity contribution in [3.8, 4) is 0 Å². The Labute approximate surface area is 501 Å². The highest BCUT2D eigenvalue weighted by Gasteiger charge is 2.47. The molecule has 8 unspecified atom stereocenters. The molecule has 0 aromatic heterocycles. The van der Waals surface area contributed by atoms with Crippen LogP contribution in [0.4, 0.5) is 0 Å². The Morgan fingerprint density at radius 2 is 0.890 bits per heavy atom. The summed E-state index contributed by atoms with van der Waals surface area (Å²) >= 11 is 0. The molecule has 0 bridgehead atoms. The van der Waals surface area contributed by atoms with Crippen molar-refractivity contribution in [1.29, 1.82) is 0 Å². The number of carbonyl (C=O) groups is 2. The molecular formula is C71H123NO10. The summed E-state index contributed by atoms with van der Waals surface area (Å²) < 4.78 is 17.6. The summed E-state index contributed by atoms with van der Waals surface area (Å²) in [6, 6.07) is -1.05. The SMILES string of the molecule is CC\C=C/C=C/C=C/C=C\C=C\C=C\CCCCC(O)C(=O)NC(COC1OC(CO)C(O)C(O)C1OC(=O)CCCCCCCCCCCCCCCCC/C=C/CCCCCCCC)C(O)/C=C/CCCCCCCCCCCC. The van der Waals surface area contributed by atoms with Crippen molar-refractivity contribution in [3.63, 3.8) is 0 Å². The number of carbonyl (C=O) groups excluding carboxylic acids is 2. The summed E-state index contributed by atoms with van der Waals surface area (Å²) in [6.07, 6.45) is 67.4. The second kappa shape index (κ2) is 58.0. The topological polar surface area (TPSA) is 175 Å². The highest BCUT2D eigenvalue weighted by Crippen LogP contribution is 2.26. The van der Waals surface area contributed by atoms with Crippen molar-refractivity contribution in [2.24, 2.45) is 0 Å². The first kappa shape index (κ1) is 76.6. The molecule has 1 aliphatic rings. The first-order chi connectivity index (χ1) is 40.2. The number of aliphatic hydroxyl groups excluding tert-OH is 5. The van der Waals surface area contributed by atoms with E-state index in [0.29, 0.717) is 12.8 Å². The minimum absolute atomic E-state index is 0.115. The normalized spacial score (nSPS) is 19.2. The van der Waals surface area contributed by atoms with Crippen molar-refractivity contribution in [2.45, 2.75) is 327 Å². The van der Waals surface area contributed by atoms with Crippen LogP contribution in [0.15, 0.2) is 97.2 Å². The van der Waals surface area contributed by atoms with Crippen molar-refractivity contribution in [2.75, 3.05) is 13.2 Å². The molecule has 1 saturated heterocycles. The lowest BCUT2D eigenvalue weighted by molar-refractivity contribution is -0.305. The van der Waals surface area contributed by atoms with E-state index in [0.717, 1.165) is 64.2 Å². The second-order valence-corrected chi connectivity index (χ2v) is 23.0. The third-order valence-corrected chi connectivity index (χ3v) is 15.4. The summed E-state index contributed by atoms with van der Waals surface area (Å²) in [5, 5.41) is 57.0. The largest absolute Gasteiger partial charge is 0.454 e. The van der Waals surface area contributed by atoms with Crippen LogP contribution in [0.1, 0.15) is 278 Å². The molecule has 0 spiro atoms. The second-order valence-electron chi connectivity index (χ2n) is 23.0. The third kappa shape index (κ3) is 45.0. The number of rotatable bonds is 56. The molecule has 0 aliphatic carbocycles. The fourth-order valence-corrected chi connectivity index (χ4v) is 10.1. The summed E-state index contributed by atoms with van der Waals surface area (Å²) in [5.41, 5.74) is 0. The molecule has 8 atom stereocenters. The molecule has 0 aromatic carbocycles. The van der Waals surface area contributed by atoms with Gasteiger partial charge in [-0.2, -0.15) is 0 Å². The van der Waals surface area contributed by atoms with Gasteiger partial charge in [-0.15, -0.1) is 0 Å². The highest BCUT2D eigenvalue weighted by molar-refractivity contribution is 5.80. The molecule has 1 aliphatic heterocycles. The van der Waals surface area contributed by atoms with Gasteiger partial charge in [0, 0.05) is 6.42 Å². The zero-order valence-corrected chi connectivity index (χ0v) is 52.3. The van der Waals surface area contributed by atoms with E-state index in [9.17, 15) is 35.1 Å². The van der Waals surface area contributed by atoms with Gasteiger partial charge in [-0.1, -0.05) is 298 Å². The Morgan fingerprint density at radius 3 is 1.35 bits per heavy atom. The molecule has 472 valence electrons. The van der Waals surface area contributed by atoms with Crippen LogP contribution in [0.25, 0.3) is 0 Å². The maximum absolute atomic E-state index is 13.4. The lowest BCUT2D eigenvalue weighted by atomic mass is 9.99. The van der Waals surface area contributed by atoms with E-state index in [1.54, 1.807) is 6.08 Å². The summed E-state index contributed by atoms with van der Waals surface area (Å²) in [7, 11) is 0. The monoisotopic (exact) mass is 1150 g/mol. The number of hydrogen-bond acceptors (Lipinski definition) is 10. The number of aliphatic hydroxyl groups is 5. The smallest absolute Gasteiger partial charge is 0.306 e. The number of amides is 1. The Bertz CT molecular complexity index is 1700. The Balaban J connectivity index is 2.61. The minimum Gasteiger partial charge on any atom is -0.454 e. The van der Waals surface area contributed by atoms with Gasteiger partial charge >= 0.3 is 5.97 Å². The van der Waals surface area contributed by atoms with E-state index in [1.165, 1.54) is 167 Å². The van der Waals surface area contributed by atoms with Gasteiger partial charge in [0.25, 0.3) is 0 Å². The van der Waals surface area contributed by atoms with Crippen LogP contribution in [-0.2, 0) is 23.8 Å². The molecule has 1 rings (SSSR count). The van der Waals surface area contributed by atoms with Crippen LogP contribution in [0.3, 0.4) is 0 Å². The number of ether oxygens (including phenoxy) is 3. The van der Waals surface area contributed by atoms with E-state index in [4.69, 9.17) is 14.2 Å². The predicted octanol–water partition coefficient (Wildman–Crippen LogP) is 16.7. The van der Waals surface area contributed by atoms with Crippen LogP contribution >= 0.6 is 0 Å². The van der Waals surface area contributed by atoms with Crippen LogP contribution < -0.4 is 5.32 Å². The van der Waals surface area contributed by atoms with Crippen LogP contribution in [-0.4, -0.2) is 99.6 Å². The fourth-order valence-electron chi connectivity index (χ4n) is 10.1. The van der Waals surface area contributed by atoms with Gasteiger partial charge in [-0.3, -0.25) is 9.59 Å². The Hall–Kier alpha value is -3.42. The molecule has 1 heterocycles. The first-order valence-electron chi connectivity index (χ1n) is 33.6. The number of unbranched alkanes of at least 4 members (excludes halogenated alkanes) is 33. The molecule has 6 N–H and O–H groups in total. The van der Waals surface area contributed by atoms with Crippen LogP contribution in [0.5, 0.6) is 0 Å². The molecule has 82 heavy (non-hydrogen) atoms. The quantitative estimate of drug-likeness (QED) is 0.0149. The van der Waals surface area contributed by atoms with Gasteiger partial charge in [0.2, 0.25) is 5.91 Å². The zero-order chi connectivity index (χ0) is 59.6. The minimum atomic E-state index is -1.63. The van der Waals surface area contributed by atoms with Crippen molar-refractivity contribution >= 4 is 11.9 Å². The van der Waals surface area contributed by atoms with Crippen LogP contribution in [0, 0.1) is 0 Å². The van der Waals surface area contributed by atoms with Crippen molar-refractivity contribution in [1.82, 2.24) is 5.32 Å². The van der Waals surface area contributed by atoms with Gasteiger partial charge in [-0.25, -0.2) is 0 Å². The van der Waals surface area contributed by atoms with E-state index < -0.39 is 67.4 Å². The first-order valence-corrected chi connectivity index (χ1v) is 33.6. The Kier molecular flexibility index (Phi) is 54.2. The molecule has 0 saturated carbocycles. The molecule has 11 nitrogen and oxygen atoms in total. The average molecular weight is 1150 g/mol. The fraction of sp³-hybridized carbons (Fsp3) is 0.746. The van der Waals surface area contributed by atoms with Gasteiger partial charge in [-0.05, 0) is 70.6 Å². The van der Waals surface area contributed by atoms with E-state index in [-0.39, 0.29) is 19.4 Å². The van der Waals surface area contributed by atoms with Gasteiger partial charge < -0.3 is 45.1 Å². The predicted molar refractivity (Wildman–Crippen MR) is 342 cm³/mol. The van der Waals surface area contributed by atoms with Gasteiger partial charge in [0.15, 0.2) is 12.4 Å². The van der Waals surface area contributed by atoms with Gasteiger partial charge in [0.05, 0.1) is 25.4 Å².